The zero-order chi connectivity index (χ0) is 18.7. The lowest BCUT2D eigenvalue weighted by Gasteiger charge is -2.05. The molecule has 7 nitrogen and oxygen atoms in total. The molecule has 0 saturated heterocycles. The minimum atomic E-state index is -0.587. The van der Waals surface area contributed by atoms with Crippen LogP contribution < -0.4 is 5.43 Å². The maximum Gasteiger partial charge on any atom is 0.271 e. The monoisotopic (exact) mass is 413 g/mol. The van der Waals surface area contributed by atoms with Crippen molar-refractivity contribution in [3.63, 3.8) is 0 Å². The number of hydrazone groups is 1. The number of phenolic OH excluding ortho intramolecular Hbond substituents is 1. The van der Waals surface area contributed by atoms with Crippen molar-refractivity contribution < 1.29 is 14.8 Å². The topological polar surface area (TPSA) is 105 Å². The summed E-state index contributed by atoms with van der Waals surface area (Å²) in [4.78, 5) is 22.7. The number of carbonyl (C=O) groups is 1. The van der Waals surface area contributed by atoms with E-state index in [1.807, 2.05) is 30.3 Å². The van der Waals surface area contributed by atoms with Crippen molar-refractivity contribution in [3.05, 3.63) is 80.3 Å². The summed E-state index contributed by atoms with van der Waals surface area (Å²) in [6.07, 6.45) is 1.15. The molecule has 2 N–H and O–H groups in total. The number of nitro benzene ring substituents is 1. The number of hydrogen-bond donors (Lipinski definition) is 2. The molecule has 0 fully saturated rings. The van der Waals surface area contributed by atoms with Crippen LogP contribution in [0.3, 0.4) is 0 Å². The number of phenols is 1. The molecular weight excluding hydrogens is 402 g/mol. The van der Waals surface area contributed by atoms with E-state index in [9.17, 15) is 20.0 Å². The van der Waals surface area contributed by atoms with Gasteiger partial charge in [-0.25, -0.2) is 5.43 Å². The van der Waals surface area contributed by atoms with Crippen molar-refractivity contribution in [3.8, 4) is 5.75 Å². The van der Waals surface area contributed by atoms with Crippen molar-refractivity contribution in [1.82, 2.24) is 5.43 Å². The summed E-state index contributed by atoms with van der Waals surface area (Å²) < 4.78 is 0.161. The Kier molecular flexibility index (Phi) is 4.94. The molecule has 26 heavy (non-hydrogen) atoms. The van der Waals surface area contributed by atoms with E-state index in [1.54, 1.807) is 12.1 Å². The predicted octanol–water partition coefficient (Wildman–Crippen LogP) is 3.98. The fraction of sp³-hybridized carbons (Fsp3) is 0. The smallest absolute Gasteiger partial charge is 0.271 e. The van der Waals surface area contributed by atoms with Crippen molar-refractivity contribution in [2.75, 3.05) is 0 Å². The van der Waals surface area contributed by atoms with Gasteiger partial charge < -0.3 is 5.11 Å². The summed E-state index contributed by atoms with van der Waals surface area (Å²) in [6, 6.07) is 15.1. The highest BCUT2D eigenvalue weighted by atomic mass is 79.9. The van der Waals surface area contributed by atoms with Gasteiger partial charge >= 0.3 is 0 Å². The van der Waals surface area contributed by atoms with Gasteiger partial charge in [0.15, 0.2) is 0 Å². The Balaban J connectivity index is 1.85. The van der Waals surface area contributed by atoms with Crippen LogP contribution in [-0.2, 0) is 0 Å². The standard InChI is InChI=1S/C18H12BrN3O4/c19-16-9-13(22(25)26)8-12(17(16)23)10-20-21-18(24)15-7-3-5-11-4-1-2-6-14(11)15/h1-10,23H,(H,21,24)/b20-10-. The number of non-ortho nitro benzene ring substituents is 1. The highest BCUT2D eigenvalue weighted by Crippen LogP contribution is 2.31. The van der Waals surface area contributed by atoms with E-state index >= 15 is 0 Å². The molecule has 130 valence electrons. The fourth-order valence-corrected chi connectivity index (χ4v) is 2.92. The number of nitrogens with zero attached hydrogens (tertiary/aromatic N) is 2. The average Bonchev–Trinajstić information content (AvgIpc) is 2.64. The number of rotatable bonds is 4. The van der Waals surface area contributed by atoms with Gasteiger partial charge in [0.2, 0.25) is 0 Å². The largest absolute Gasteiger partial charge is 0.506 e. The van der Waals surface area contributed by atoms with Gasteiger partial charge in [0.25, 0.3) is 11.6 Å². The van der Waals surface area contributed by atoms with Crippen LogP contribution in [0.25, 0.3) is 10.8 Å². The molecule has 0 radical (unpaired) electrons. The van der Waals surface area contributed by atoms with Crippen LogP contribution in [0.15, 0.2) is 64.2 Å². The predicted molar refractivity (Wildman–Crippen MR) is 101 cm³/mol. The molecular formula is C18H12BrN3O4. The van der Waals surface area contributed by atoms with E-state index in [0.29, 0.717) is 5.56 Å². The van der Waals surface area contributed by atoms with Crippen LogP contribution in [0.4, 0.5) is 5.69 Å². The number of fused-ring (bicyclic) bond motifs is 1. The zero-order valence-electron chi connectivity index (χ0n) is 13.2. The summed E-state index contributed by atoms with van der Waals surface area (Å²) in [5.41, 5.74) is 2.71. The van der Waals surface area contributed by atoms with Crippen molar-refractivity contribution >= 4 is 44.5 Å². The summed E-state index contributed by atoms with van der Waals surface area (Å²) in [6.45, 7) is 0. The number of nitrogens with one attached hydrogen (secondary N) is 1. The minimum Gasteiger partial charge on any atom is -0.506 e. The Morgan fingerprint density at radius 3 is 2.69 bits per heavy atom. The summed E-state index contributed by atoms with van der Waals surface area (Å²) >= 11 is 3.05. The molecule has 0 aromatic heterocycles. The van der Waals surface area contributed by atoms with Gasteiger partial charge in [-0.3, -0.25) is 14.9 Å². The Hall–Kier alpha value is -3.26. The van der Waals surface area contributed by atoms with Crippen LogP contribution >= 0.6 is 15.9 Å². The summed E-state index contributed by atoms with van der Waals surface area (Å²) in [7, 11) is 0. The average molecular weight is 414 g/mol. The van der Waals surface area contributed by atoms with Gasteiger partial charge in [-0.15, -0.1) is 0 Å². The van der Waals surface area contributed by atoms with Crippen molar-refractivity contribution in [2.45, 2.75) is 0 Å². The molecule has 8 heteroatoms. The van der Waals surface area contributed by atoms with E-state index in [4.69, 9.17) is 0 Å². The SMILES string of the molecule is O=C(N/N=C\c1cc([N+](=O)[O-])cc(Br)c1O)c1cccc2ccccc12. The molecule has 3 aromatic rings. The van der Waals surface area contributed by atoms with Crippen LogP contribution in [0.5, 0.6) is 5.75 Å². The first-order chi connectivity index (χ1) is 12.5. The number of nitro groups is 1. The van der Waals surface area contributed by atoms with E-state index in [0.717, 1.165) is 23.1 Å². The maximum absolute atomic E-state index is 12.4. The Morgan fingerprint density at radius 2 is 1.92 bits per heavy atom. The number of benzene rings is 3. The third-order valence-electron chi connectivity index (χ3n) is 3.69. The fourth-order valence-electron chi connectivity index (χ4n) is 2.45. The zero-order valence-corrected chi connectivity index (χ0v) is 14.8. The lowest BCUT2D eigenvalue weighted by Crippen LogP contribution is -2.17. The second kappa shape index (κ2) is 7.32. The Morgan fingerprint density at radius 1 is 1.19 bits per heavy atom. The van der Waals surface area contributed by atoms with Gasteiger partial charge in [-0.1, -0.05) is 36.4 Å². The second-order valence-electron chi connectivity index (χ2n) is 5.35. The normalized spacial score (nSPS) is 11.0. The van der Waals surface area contributed by atoms with Gasteiger partial charge in [-0.2, -0.15) is 5.10 Å². The Labute approximate surface area is 156 Å². The molecule has 0 bridgehead atoms. The maximum atomic E-state index is 12.4. The molecule has 0 unspecified atom stereocenters. The van der Waals surface area contributed by atoms with Gasteiger partial charge in [-0.05, 0) is 32.8 Å². The molecule has 0 heterocycles. The van der Waals surface area contributed by atoms with E-state index in [2.05, 4.69) is 26.5 Å². The van der Waals surface area contributed by atoms with E-state index in [1.165, 1.54) is 6.07 Å². The number of aromatic hydroxyl groups is 1. The molecule has 3 rings (SSSR count). The molecule has 3 aromatic carbocycles. The summed E-state index contributed by atoms with van der Waals surface area (Å²) in [5.74, 6) is -0.638. The van der Waals surface area contributed by atoms with Crippen molar-refractivity contribution in [1.29, 1.82) is 0 Å². The second-order valence-corrected chi connectivity index (χ2v) is 6.20. The third kappa shape index (κ3) is 3.55. The molecule has 0 aliphatic carbocycles. The van der Waals surface area contributed by atoms with Crippen LogP contribution in [-0.4, -0.2) is 22.2 Å². The first kappa shape index (κ1) is 17.6. The first-order valence-electron chi connectivity index (χ1n) is 7.45. The Bertz CT molecular complexity index is 1040. The van der Waals surface area contributed by atoms with Gasteiger partial charge in [0, 0.05) is 23.3 Å². The van der Waals surface area contributed by atoms with E-state index < -0.39 is 10.8 Å². The molecule has 0 aliphatic heterocycles. The highest BCUT2D eigenvalue weighted by molar-refractivity contribution is 9.10. The highest BCUT2D eigenvalue weighted by Gasteiger charge is 2.14. The van der Waals surface area contributed by atoms with Gasteiger partial charge in [0.1, 0.15) is 5.75 Å². The minimum absolute atomic E-state index is 0.101. The molecule has 0 atom stereocenters. The number of carbonyl (C=O) groups excluding carboxylic acids is 1. The first-order valence-corrected chi connectivity index (χ1v) is 8.25. The molecule has 0 aliphatic rings. The number of halogens is 1. The summed E-state index contributed by atoms with van der Waals surface area (Å²) in [5, 5.41) is 26.4. The molecule has 0 spiro atoms. The lowest BCUT2D eigenvalue weighted by atomic mass is 10.0. The van der Waals surface area contributed by atoms with Crippen LogP contribution in [0, 0.1) is 10.1 Å². The van der Waals surface area contributed by atoms with Crippen LogP contribution in [0.1, 0.15) is 15.9 Å². The van der Waals surface area contributed by atoms with Crippen LogP contribution in [0.2, 0.25) is 0 Å². The quantitative estimate of drug-likeness (QED) is 0.383. The third-order valence-corrected chi connectivity index (χ3v) is 4.30. The van der Waals surface area contributed by atoms with Crippen molar-refractivity contribution in [2.24, 2.45) is 5.10 Å². The number of hydrogen-bond acceptors (Lipinski definition) is 5. The number of amides is 1. The molecule has 1 amide bonds. The lowest BCUT2D eigenvalue weighted by molar-refractivity contribution is -0.385. The molecule has 0 saturated carbocycles. The van der Waals surface area contributed by atoms with E-state index in [-0.39, 0.29) is 21.5 Å². The van der Waals surface area contributed by atoms with Gasteiger partial charge in [0.05, 0.1) is 15.6 Å².